The summed E-state index contributed by atoms with van der Waals surface area (Å²) in [6.45, 7) is 5.22. The van der Waals surface area contributed by atoms with Gasteiger partial charge in [0.15, 0.2) is 0 Å². The van der Waals surface area contributed by atoms with E-state index in [1.165, 1.54) is 0 Å². The first-order valence-corrected chi connectivity index (χ1v) is 6.96. The summed E-state index contributed by atoms with van der Waals surface area (Å²) in [7, 11) is 0. The summed E-state index contributed by atoms with van der Waals surface area (Å²) >= 11 is 0. The number of nitrogens with zero attached hydrogens (tertiary/aromatic N) is 2. The van der Waals surface area contributed by atoms with Crippen LogP contribution in [0.25, 0.3) is 0 Å². The van der Waals surface area contributed by atoms with Crippen LogP contribution >= 0.6 is 0 Å². The molecule has 100 valence electrons. The topological polar surface area (TPSA) is 35.6 Å². The van der Waals surface area contributed by atoms with Crippen LogP contribution in [0, 0.1) is 12.3 Å². The number of terminal acetylenes is 1. The van der Waals surface area contributed by atoms with Crippen molar-refractivity contribution in [2.45, 2.75) is 31.7 Å². The van der Waals surface area contributed by atoms with E-state index in [-0.39, 0.29) is 5.91 Å². The van der Waals surface area contributed by atoms with Gasteiger partial charge in [0.25, 0.3) is 0 Å². The molecule has 2 aliphatic rings. The van der Waals surface area contributed by atoms with E-state index in [1.54, 1.807) is 0 Å². The Morgan fingerprint density at radius 1 is 1.22 bits per heavy atom. The van der Waals surface area contributed by atoms with Gasteiger partial charge >= 0.3 is 0 Å². The van der Waals surface area contributed by atoms with Crippen LogP contribution in [0.1, 0.15) is 25.7 Å². The molecular weight excluding hydrogens is 226 g/mol. The predicted molar refractivity (Wildman–Crippen MR) is 72.1 cm³/mol. The molecule has 0 aromatic carbocycles. The molecule has 1 amide bonds. The molecule has 0 saturated carbocycles. The third kappa shape index (κ3) is 3.72. The maximum absolute atomic E-state index is 11.9. The minimum Gasteiger partial charge on any atom is -0.342 e. The SMILES string of the molecule is C#CCN1CCC(NCC(=O)N2CCCC2)CC1. The first-order chi connectivity index (χ1) is 8.79. The minimum absolute atomic E-state index is 0.263. The zero-order chi connectivity index (χ0) is 12.8. The first-order valence-electron chi connectivity index (χ1n) is 6.96. The Bertz CT molecular complexity index is 309. The average molecular weight is 249 g/mol. The molecule has 0 spiro atoms. The van der Waals surface area contributed by atoms with Crippen molar-refractivity contribution >= 4 is 5.91 Å². The summed E-state index contributed by atoms with van der Waals surface area (Å²) in [5.74, 6) is 2.95. The van der Waals surface area contributed by atoms with Crippen LogP contribution in [0.5, 0.6) is 0 Å². The van der Waals surface area contributed by atoms with Gasteiger partial charge in [0.05, 0.1) is 13.1 Å². The van der Waals surface area contributed by atoms with Crippen molar-refractivity contribution in [2.75, 3.05) is 39.3 Å². The van der Waals surface area contributed by atoms with Crippen molar-refractivity contribution in [1.82, 2.24) is 15.1 Å². The van der Waals surface area contributed by atoms with Crippen LogP contribution < -0.4 is 5.32 Å². The highest BCUT2D eigenvalue weighted by Gasteiger charge is 2.21. The van der Waals surface area contributed by atoms with Crippen LogP contribution in [-0.4, -0.2) is 61.0 Å². The van der Waals surface area contributed by atoms with Gasteiger partial charge in [0, 0.05) is 32.2 Å². The highest BCUT2D eigenvalue weighted by atomic mass is 16.2. The lowest BCUT2D eigenvalue weighted by atomic mass is 10.1. The number of hydrogen-bond acceptors (Lipinski definition) is 3. The molecule has 0 aromatic heterocycles. The molecule has 2 heterocycles. The molecule has 0 unspecified atom stereocenters. The summed E-state index contributed by atoms with van der Waals surface area (Å²) in [6.07, 6.45) is 9.82. The Hall–Kier alpha value is -1.05. The molecule has 0 bridgehead atoms. The van der Waals surface area contributed by atoms with Crippen molar-refractivity contribution in [3.05, 3.63) is 0 Å². The second-order valence-corrected chi connectivity index (χ2v) is 5.22. The summed E-state index contributed by atoms with van der Waals surface area (Å²) in [4.78, 5) is 16.1. The molecule has 0 aromatic rings. The van der Waals surface area contributed by atoms with Crippen LogP contribution in [0.4, 0.5) is 0 Å². The van der Waals surface area contributed by atoms with E-state index in [4.69, 9.17) is 6.42 Å². The largest absolute Gasteiger partial charge is 0.342 e. The highest BCUT2D eigenvalue weighted by Crippen LogP contribution is 2.10. The molecular formula is C14H23N3O. The number of nitrogens with one attached hydrogen (secondary N) is 1. The third-order valence-corrected chi connectivity index (χ3v) is 3.90. The maximum atomic E-state index is 11.9. The lowest BCUT2D eigenvalue weighted by molar-refractivity contribution is -0.129. The van der Waals surface area contributed by atoms with Gasteiger partial charge in [0.1, 0.15) is 0 Å². The average Bonchev–Trinajstić information content (AvgIpc) is 2.92. The number of carbonyl (C=O) groups is 1. The Morgan fingerprint density at radius 3 is 2.50 bits per heavy atom. The first kappa shape index (κ1) is 13.4. The smallest absolute Gasteiger partial charge is 0.236 e. The van der Waals surface area contributed by atoms with Gasteiger partial charge in [-0.25, -0.2) is 0 Å². The quantitative estimate of drug-likeness (QED) is 0.728. The summed E-state index contributed by atoms with van der Waals surface area (Å²) in [6, 6.07) is 0.477. The Morgan fingerprint density at radius 2 is 1.89 bits per heavy atom. The lowest BCUT2D eigenvalue weighted by Gasteiger charge is -2.31. The van der Waals surface area contributed by atoms with E-state index in [0.29, 0.717) is 12.6 Å². The Balaban J connectivity index is 1.63. The molecule has 2 aliphatic heterocycles. The van der Waals surface area contributed by atoms with E-state index < -0.39 is 0 Å². The standard InChI is InChI=1S/C14H23N3O/c1-2-7-16-10-5-13(6-11-16)15-12-14(18)17-8-3-4-9-17/h1,13,15H,3-12H2. The summed E-state index contributed by atoms with van der Waals surface area (Å²) < 4.78 is 0. The normalized spacial score (nSPS) is 22.1. The summed E-state index contributed by atoms with van der Waals surface area (Å²) in [5, 5.41) is 3.39. The van der Waals surface area contributed by atoms with Gasteiger partial charge in [-0.05, 0) is 25.7 Å². The van der Waals surface area contributed by atoms with Crippen LogP contribution in [-0.2, 0) is 4.79 Å². The van der Waals surface area contributed by atoms with Crippen molar-refractivity contribution in [3.8, 4) is 12.3 Å². The van der Waals surface area contributed by atoms with Crippen molar-refractivity contribution in [2.24, 2.45) is 0 Å². The monoisotopic (exact) mass is 249 g/mol. The third-order valence-electron chi connectivity index (χ3n) is 3.90. The number of hydrogen-bond donors (Lipinski definition) is 1. The van der Waals surface area contributed by atoms with Gasteiger partial charge < -0.3 is 10.2 Å². The molecule has 0 radical (unpaired) electrons. The Kier molecular flexibility index (Phi) is 5.03. The fourth-order valence-corrected chi connectivity index (χ4v) is 2.73. The van der Waals surface area contributed by atoms with Crippen molar-refractivity contribution < 1.29 is 4.79 Å². The van der Waals surface area contributed by atoms with Gasteiger partial charge in [-0.2, -0.15) is 0 Å². The van der Waals surface area contributed by atoms with E-state index in [2.05, 4.69) is 16.1 Å². The van der Waals surface area contributed by atoms with Gasteiger partial charge in [-0.15, -0.1) is 6.42 Å². The lowest BCUT2D eigenvalue weighted by Crippen LogP contribution is -2.46. The van der Waals surface area contributed by atoms with Crippen LogP contribution in [0.3, 0.4) is 0 Å². The van der Waals surface area contributed by atoms with E-state index in [9.17, 15) is 4.79 Å². The fraction of sp³-hybridized carbons (Fsp3) is 0.786. The fourth-order valence-electron chi connectivity index (χ4n) is 2.73. The van der Waals surface area contributed by atoms with E-state index in [0.717, 1.165) is 58.4 Å². The molecule has 2 fully saturated rings. The molecule has 0 atom stereocenters. The number of rotatable bonds is 4. The van der Waals surface area contributed by atoms with Gasteiger partial charge in [0.2, 0.25) is 5.91 Å². The van der Waals surface area contributed by atoms with Gasteiger partial charge in [-0.3, -0.25) is 9.69 Å². The van der Waals surface area contributed by atoms with E-state index >= 15 is 0 Å². The zero-order valence-electron chi connectivity index (χ0n) is 11.0. The van der Waals surface area contributed by atoms with E-state index in [1.807, 2.05) is 4.90 Å². The zero-order valence-corrected chi connectivity index (χ0v) is 11.0. The minimum atomic E-state index is 0.263. The van der Waals surface area contributed by atoms with Crippen LogP contribution in [0.15, 0.2) is 0 Å². The maximum Gasteiger partial charge on any atom is 0.236 e. The number of amides is 1. The van der Waals surface area contributed by atoms with Crippen molar-refractivity contribution in [1.29, 1.82) is 0 Å². The molecule has 2 saturated heterocycles. The van der Waals surface area contributed by atoms with Gasteiger partial charge in [-0.1, -0.05) is 5.92 Å². The number of likely N-dealkylation sites (tertiary alicyclic amines) is 2. The number of carbonyl (C=O) groups excluding carboxylic acids is 1. The molecule has 0 aliphatic carbocycles. The predicted octanol–water partition coefficient (Wildman–Crippen LogP) is 0.296. The van der Waals surface area contributed by atoms with Crippen LogP contribution in [0.2, 0.25) is 0 Å². The molecule has 18 heavy (non-hydrogen) atoms. The molecule has 1 N–H and O–H groups in total. The van der Waals surface area contributed by atoms with Crippen molar-refractivity contribution in [3.63, 3.8) is 0 Å². The second kappa shape index (κ2) is 6.77. The number of piperidine rings is 1. The molecule has 2 rings (SSSR count). The summed E-state index contributed by atoms with van der Waals surface area (Å²) in [5.41, 5.74) is 0. The Labute approximate surface area is 110 Å². The highest BCUT2D eigenvalue weighted by molar-refractivity contribution is 5.78. The molecule has 4 heteroatoms. The second-order valence-electron chi connectivity index (χ2n) is 5.22. The molecule has 4 nitrogen and oxygen atoms in total.